The highest BCUT2D eigenvalue weighted by atomic mass is 31.2. The summed E-state index contributed by atoms with van der Waals surface area (Å²) in [5, 5.41) is 6.31. The van der Waals surface area contributed by atoms with Crippen LogP contribution >= 0.6 is 15.2 Å². The van der Waals surface area contributed by atoms with E-state index in [1.54, 1.807) is 19.1 Å². The summed E-state index contributed by atoms with van der Waals surface area (Å²) < 4.78 is 22.7. The molecule has 2 unspecified atom stereocenters. The molecular formula is C17H29NO8P2. The van der Waals surface area contributed by atoms with Gasteiger partial charge in [0.2, 0.25) is 0 Å². The molecule has 28 heavy (non-hydrogen) atoms. The van der Waals surface area contributed by atoms with Gasteiger partial charge in [-0.3, -0.25) is 13.9 Å². The Bertz CT molecular complexity index is 746. The average Bonchev–Trinajstić information content (AvgIpc) is 2.56. The van der Waals surface area contributed by atoms with Gasteiger partial charge < -0.3 is 30.4 Å². The van der Waals surface area contributed by atoms with Gasteiger partial charge in [0, 0.05) is 12.3 Å². The summed E-state index contributed by atoms with van der Waals surface area (Å²) in [5.41, 5.74) is 7.60. The summed E-state index contributed by atoms with van der Waals surface area (Å²) in [6, 6.07) is 6.16. The third kappa shape index (κ3) is 6.05. The summed E-state index contributed by atoms with van der Waals surface area (Å²) in [5.74, 6) is -0.600. The summed E-state index contributed by atoms with van der Waals surface area (Å²) >= 11 is 0. The fraction of sp³-hybridized carbons (Fsp3) is 0.588. The van der Waals surface area contributed by atoms with Gasteiger partial charge in [-0.05, 0) is 29.9 Å². The highest BCUT2D eigenvalue weighted by Gasteiger charge is 2.59. The standard InChI is InChI=1S/C17H29NO8P2/c1-11(2)10-13-4-6-14(7-5-13)12(3)16(19)15(18)8-9-17(20,27(21,22)23)28(24,25)26/h4-7,11-12,15,20H,8-10,18H2,1-3H3,(H2,21,22,23)(H2,24,25,26). The van der Waals surface area contributed by atoms with Crippen molar-refractivity contribution in [2.24, 2.45) is 11.7 Å². The molecule has 0 aromatic heterocycles. The summed E-state index contributed by atoms with van der Waals surface area (Å²) in [4.78, 5) is 49.1. The second-order valence-corrected chi connectivity index (χ2v) is 11.5. The van der Waals surface area contributed by atoms with E-state index in [-0.39, 0.29) is 0 Å². The first-order chi connectivity index (χ1) is 12.6. The van der Waals surface area contributed by atoms with Crippen LogP contribution in [0.25, 0.3) is 0 Å². The summed E-state index contributed by atoms with van der Waals surface area (Å²) in [6.45, 7) is 5.81. The van der Waals surface area contributed by atoms with Crippen molar-refractivity contribution in [1.82, 2.24) is 0 Å². The molecule has 0 aliphatic heterocycles. The molecule has 11 heteroatoms. The van der Waals surface area contributed by atoms with Crippen LogP contribution in [0.2, 0.25) is 0 Å². The predicted molar refractivity (Wildman–Crippen MR) is 105 cm³/mol. The molecule has 7 N–H and O–H groups in total. The minimum Gasteiger partial charge on any atom is -0.368 e. The third-order valence-electron chi connectivity index (χ3n) is 4.64. The third-order valence-corrected chi connectivity index (χ3v) is 8.52. The number of benzene rings is 1. The van der Waals surface area contributed by atoms with E-state index in [9.17, 15) is 19.0 Å². The predicted octanol–water partition coefficient (Wildman–Crippen LogP) is 1.67. The maximum atomic E-state index is 12.5. The van der Waals surface area contributed by atoms with Crippen molar-refractivity contribution in [3.8, 4) is 0 Å². The smallest absolute Gasteiger partial charge is 0.368 e. The van der Waals surface area contributed by atoms with Crippen LogP contribution in [0.15, 0.2) is 24.3 Å². The lowest BCUT2D eigenvalue weighted by Crippen LogP contribution is -2.37. The maximum absolute atomic E-state index is 12.5. The lowest BCUT2D eigenvalue weighted by atomic mass is 9.90. The first-order valence-corrected chi connectivity index (χ1v) is 12.0. The Kier molecular flexibility index (Phi) is 8.34. The molecule has 1 rings (SSSR count). The highest BCUT2D eigenvalue weighted by Crippen LogP contribution is 2.69. The number of carbonyl (C=O) groups is 1. The van der Waals surface area contributed by atoms with Gasteiger partial charge in [0.1, 0.15) is 0 Å². The Morgan fingerprint density at radius 1 is 1.04 bits per heavy atom. The van der Waals surface area contributed by atoms with E-state index in [1.807, 2.05) is 12.1 Å². The molecular weight excluding hydrogens is 408 g/mol. The summed E-state index contributed by atoms with van der Waals surface area (Å²) in [6.07, 6.45) is -0.624. The van der Waals surface area contributed by atoms with Gasteiger partial charge >= 0.3 is 15.2 Å². The molecule has 1 aromatic rings. The zero-order valence-corrected chi connectivity index (χ0v) is 17.9. The van der Waals surface area contributed by atoms with E-state index in [2.05, 4.69) is 13.8 Å². The number of aliphatic hydroxyl groups is 1. The minimum atomic E-state index is -5.57. The Hall–Kier alpha value is -0.890. The molecule has 0 saturated carbocycles. The van der Waals surface area contributed by atoms with Crippen LogP contribution in [-0.4, -0.2) is 41.6 Å². The topological polar surface area (TPSA) is 178 Å². The average molecular weight is 437 g/mol. The monoisotopic (exact) mass is 437 g/mol. The SMILES string of the molecule is CC(C)Cc1ccc(C(C)C(=O)C(N)CCC(O)(P(=O)(O)O)P(=O)(O)O)cc1. The van der Waals surface area contributed by atoms with E-state index < -0.39 is 50.9 Å². The quantitative estimate of drug-likeness (QED) is 0.297. The number of nitrogens with two attached hydrogens (primary N) is 1. The number of hydrogen-bond donors (Lipinski definition) is 6. The minimum absolute atomic E-state index is 0.463. The van der Waals surface area contributed by atoms with Gasteiger partial charge in [-0.25, -0.2) is 0 Å². The molecule has 160 valence electrons. The van der Waals surface area contributed by atoms with Crippen molar-refractivity contribution >= 4 is 21.0 Å². The Morgan fingerprint density at radius 3 is 1.89 bits per heavy atom. The Labute approximate surface area is 164 Å². The Balaban J connectivity index is 2.86. The normalized spacial score (nSPS) is 15.5. The van der Waals surface area contributed by atoms with Crippen LogP contribution in [0.4, 0.5) is 0 Å². The molecule has 0 fully saturated rings. The van der Waals surface area contributed by atoms with Crippen molar-refractivity contribution in [2.45, 2.75) is 57.1 Å². The van der Waals surface area contributed by atoms with Crippen molar-refractivity contribution in [1.29, 1.82) is 0 Å². The van der Waals surface area contributed by atoms with Gasteiger partial charge in [0.25, 0.3) is 5.08 Å². The first kappa shape index (κ1) is 25.1. The van der Waals surface area contributed by atoms with Crippen molar-refractivity contribution in [2.75, 3.05) is 0 Å². The number of Topliss-reactive ketones (excluding diaryl/α,β-unsaturated/α-hetero) is 1. The van der Waals surface area contributed by atoms with Gasteiger partial charge in [-0.15, -0.1) is 0 Å². The number of hydrogen-bond acceptors (Lipinski definition) is 5. The first-order valence-electron chi connectivity index (χ1n) is 8.82. The van der Waals surface area contributed by atoms with E-state index in [1.165, 1.54) is 0 Å². The van der Waals surface area contributed by atoms with Gasteiger partial charge in [-0.2, -0.15) is 0 Å². The molecule has 0 spiro atoms. The maximum Gasteiger partial charge on any atom is 0.369 e. The number of carbonyl (C=O) groups excluding carboxylic acids is 1. The van der Waals surface area contributed by atoms with Gasteiger partial charge in [0.05, 0.1) is 6.04 Å². The zero-order chi connectivity index (χ0) is 21.9. The molecule has 0 heterocycles. The van der Waals surface area contributed by atoms with E-state index >= 15 is 0 Å². The van der Waals surface area contributed by atoms with Crippen LogP contribution in [0, 0.1) is 5.92 Å². The van der Waals surface area contributed by atoms with E-state index in [0.29, 0.717) is 11.5 Å². The fourth-order valence-corrected chi connectivity index (χ4v) is 5.05. The number of ketones is 1. The van der Waals surface area contributed by atoms with Crippen LogP contribution in [0.1, 0.15) is 50.7 Å². The molecule has 0 amide bonds. The molecule has 0 saturated heterocycles. The second-order valence-electron chi connectivity index (χ2n) is 7.47. The van der Waals surface area contributed by atoms with Crippen LogP contribution in [-0.2, 0) is 20.3 Å². The van der Waals surface area contributed by atoms with Crippen molar-refractivity contribution < 1.29 is 38.6 Å². The highest BCUT2D eigenvalue weighted by molar-refractivity contribution is 7.72. The van der Waals surface area contributed by atoms with Crippen LogP contribution in [0.5, 0.6) is 0 Å². The molecule has 0 radical (unpaired) electrons. The molecule has 1 aromatic carbocycles. The van der Waals surface area contributed by atoms with Crippen LogP contribution in [0.3, 0.4) is 0 Å². The lowest BCUT2D eigenvalue weighted by molar-refractivity contribution is -0.121. The molecule has 2 atom stereocenters. The van der Waals surface area contributed by atoms with E-state index in [4.69, 9.17) is 25.3 Å². The fourth-order valence-electron chi connectivity index (χ4n) is 2.85. The van der Waals surface area contributed by atoms with Gasteiger partial charge in [0.15, 0.2) is 5.78 Å². The Morgan fingerprint density at radius 2 is 1.50 bits per heavy atom. The number of rotatable bonds is 10. The van der Waals surface area contributed by atoms with Crippen LogP contribution < -0.4 is 5.73 Å². The lowest BCUT2D eigenvalue weighted by Gasteiger charge is -2.30. The largest absolute Gasteiger partial charge is 0.369 e. The second kappa shape index (κ2) is 9.28. The van der Waals surface area contributed by atoms with Crippen molar-refractivity contribution in [3.05, 3.63) is 35.4 Å². The molecule has 0 aliphatic rings. The zero-order valence-electron chi connectivity index (χ0n) is 16.1. The summed E-state index contributed by atoms with van der Waals surface area (Å²) in [7, 11) is -11.1. The van der Waals surface area contributed by atoms with Gasteiger partial charge in [-0.1, -0.05) is 45.0 Å². The van der Waals surface area contributed by atoms with Crippen molar-refractivity contribution in [3.63, 3.8) is 0 Å². The van der Waals surface area contributed by atoms with E-state index in [0.717, 1.165) is 12.0 Å². The molecule has 0 aliphatic carbocycles. The molecule has 0 bridgehead atoms. The molecule has 9 nitrogen and oxygen atoms in total.